The number of carbonyl (C=O) groups excluding carboxylic acids is 1. The number of nitrogens with zero attached hydrogens (tertiary/aromatic N) is 2. The summed E-state index contributed by atoms with van der Waals surface area (Å²) in [5, 5.41) is 13.0. The standard InChI is InChI=1S/C21H20ClN3O3/c22-15-3-1-14(2-4-15)18-6-7-19(28-18)21(27)24-16-5-8-20(23-13-16)25-11-9-17(26)10-12-25/h1-8,13,17,26H,9-12H2,(H,24,27). The number of amides is 1. The summed E-state index contributed by atoms with van der Waals surface area (Å²) in [5.74, 6) is 1.32. The zero-order valence-electron chi connectivity index (χ0n) is 15.1. The lowest BCUT2D eigenvalue weighted by molar-refractivity contribution is 0.0997. The number of hydrogen-bond donors (Lipinski definition) is 2. The SMILES string of the molecule is O=C(Nc1ccc(N2CCC(O)CC2)nc1)c1ccc(-c2ccc(Cl)cc2)o1. The number of aliphatic hydroxyl groups excluding tert-OH is 1. The normalized spacial score (nSPS) is 14.9. The van der Waals surface area contributed by atoms with Crippen LogP contribution < -0.4 is 10.2 Å². The molecule has 0 radical (unpaired) electrons. The number of hydrogen-bond acceptors (Lipinski definition) is 5. The highest BCUT2D eigenvalue weighted by molar-refractivity contribution is 6.30. The Labute approximate surface area is 167 Å². The Bertz CT molecular complexity index is 946. The van der Waals surface area contributed by atoms with Crippen molar-refractivity contribution in [3.8, 4) is 11.3 Å². The molecule has 2 N–H and O–H groups in total. The second-order valence-corrected chi connectivity index (χ2v) is 7.18. The first kappa shape index (κ1) is 18.5. The molecule has 144 valence electrons. The maximum absolute atomic E-state index is 12.4. The number of pyridine rings is 1. The van der Waals surface area contributed by atoms with E-state index in [0.717, 1.165) is 37.3 Å². The van der Waals surface area contributed by atoms with Crippen molar-refractivity contribution in [2.75, 3.05) is 23.3 Å². The fourth-order valence-corrected chi connectivity index (χ4v) is 3.29. The van der Waals surface area contributed by atoms with Crippen LogP contribution in [0.1, 0.15) is 23.4 Å². The van der Waals surface area contributed by atoms with Gasteiger partial charge in [-0.25, -0.2) is 4.98 Å². The van der Waals surface area contributed by atoms with Crippen molar-refractivity contribution in [2.45, 2.75) is 18.9 Å². The molecule has 4 rings (SSSR count). The molecule has 6 nitrogen and oxygen atoms in total. The Kier molecular flexibility index (Phi) is 5.32. The molecule has 28 heavy (non-hydrogen) atoms. The molecule has 3 aromatic rings. The van der Waals surface area contributed by atoms with Crippen LogP contribution in [0.4, 0.5) is 11.5 Å². The molecule has 7 heteroatoms. The number of rotatable bonds is 4. The van der Waals surface area contributed by atoms with Gasteiger partial charge in [-0.2, -0.15) is 0 Å². The number of nitrogens with one attached hydrogen (secondary N) is 1. The number of halogens is 1. The Morgan fingerprint density at radius 3 is 2.54 bits per heavy atom. The van der Waals surface area contributed by atoms with E-state index in [0.29, 0.717) is 16.5 Å². The first-order chi connectivity index (χ1) is 13.6. The fraction of sp³-hybridized carbons (Fsp3) is 0.238. The number of benzene rings is 1. The number of furan rings is 1. The molecule has 1 amide bonds. The van der Waals surface area contributed by atoms with Gasteiger partial charge in [-0.3, -0.25) is 4.79 Å². The number of aromatic nitrogens is 1. The van der Waals surface area contributed by atoms with Gasteiger partial charge < -0.3 is 19.7 Å². The maximum Gasteiger partial charge on any atom is 0.291 e. The lowest BCUT2D eigenvalue weighted by Crippen LogP contribution is -2.36. The van der Waals surface area contributed by atoms with Gasteiger partial charge in [-0.15, -0.1) is 0 Å². The Balaban J connectivity index is 1.40. The van der Waals surface area contributed by atoms with Crippen molar-refractivity contribution in [3.63, 3.8) is 0 Å². The number of piperidine rings is 1. The molecule has 1 aliphatic rings. The Morgan fingerprint density at radius 1 is 1.11 bits per heavy atom. The van der Waals surface area contributed by atoms with Gasteiger partial charge in [0.2, 0.25) is 0 Å². The van der Waals surface area contributed by atoms with E-state index in [4.69, 9.17) is 16.0 Å². The summed E-state index contributed by atoms with van der Waals surface area (Å²) in [6, 6.07) is 14.3. The third-order valence-electron chi connectivity index (χ3n) is 4.75. The maximum atomic E-state index is 12.4. The molecule has 3 heterocycles. The predicted octanol–water partition coefficient (Wildman–Crippen LogP) is 4.21. The summed E-state index contributed by atoms with van der Waals surface area (Å²) in [5.41, 5.74) is 1.44. The topological polar surface area (TPSA) is 78.6 Å². The van der Waals surface area contributed by atoms with E-state index in [1.165, 1.54) is 0 Å². The molecule has 0 bridgehead atoms. The summed E-state index contributed by atoms with van der Waals surface area (Å²) in [6.07, 6.45) is 2.89. The van der Waals surface area contributed by atoms with Gasteiger partial charge in [-0.05, 0) is 61.4 Å². The van der Waals surface area contributed by atoms with E-state index in [1.54, 1.807) is 30.5 Å². The van der Waals surface area contributed by atoms with Crippen LogP contribution >= 0.6 is 11.6 Å². The van der Waals surface area contributed by atoms with E-state index >= 15 is 0 Å². The first-order valence-corrected chi connectivity index (χ1v) is 9.52. The van der Waals surface area contributed by atoms with Crippen molar-refractivity contribution in [3.05, 3.63) is 65.5 Å². The highest BCUT2D eigenvalue weighted by Crippen LogP contribution is 2.25. The summed E-state index contributed by atoms with van der Waals surface area (Å²) in [4.78, 5) is 19.0. The number of carbonyl (C=O) groups is 1. The van der Waals surface area contributed by atoms with E-state index in [-0.39, 0.29) is 17.8 Å². The average Bonchev–Trinajstić information content (AvgIpc) is 3.20. The molecule has 0 spiro atoms. The monoisotopic (exact) mass is 397 g/mol. The summed E-state index contributed by atoms with van der Waals surface area (Å²) < 4.78 is 5.67. The second kappa shape index (κ2) is 8.04. The lowest BCUT2D eigenvalue weighted by atomic mass is 10.1. The average molecular weight is 398 g/mol. The van der Waals surface area contributed by atoms with Gasteiger partial charge in [0.1, 0.15) is 11.6 Å². The summed E-state index contributed by atoms with van der Waals surface area (Å²) >= 11 is 5.90. The van der Waals surface area contributed by atoms with Gasteiger partial charge in [0, 0.05) is 23.7 Å². The smallest absolute Gasteiger partial charge is 0.291 e. The van der Waals surface area contributed by atoms with E-state index in [2.05, 4.69) is 15.2 Å². The van der Waals surface area contributed by atoms with Crippen molar-refractivity contribution < 1.29 is 14.3 Å². The van der Waals surface area contributed by atoms with Gasteiger partial charge in [-0.1, -0.05) is 11.6 Å². The molecule has 2 aromatic heterocycles. The van der Waals surface area contributed by atoms with Gasteiger partial charge in [0.15, 0.2) is 5.76 Å². The number of anilines is 2. The highest BCUT2D eigenvalue weighted by Gasteiger charge is 2.18. The lowest BCUT2D eigenvalue weighted by Gasteiger charge is -2.30. The minimum Gasteiger partial charge on any atom is -0.451 e. The van der Waals surface area contributed by atoms with Crippen LogP contribution in [-0.4, -0.2) is 35.2 Å². The summed E-state index contributed by atoms with van der Waals surface area (Å²) in [7, 11) is 0. The largest absolute Gasteiger partial charge is 0.451 e. The van der Waals surface area contributed by atoms with Crippen molar-refractivity contribution >= 4 is 29.0 Å². The molecular formula is C21H20ClN3O3. The van der Waals surface area contributed by atoms with Crippen LogP contribution in [0, 0.1) is 0 Å². The predicted molar refractivity (Wildman–Crippen MR) is 109 cm³/mol. The van der Waals surface area contributed by atoms with Crippen LogP contribution in [0.15, 0.2) is 59.1 Å². The quantitative estimate of drug-likeness (QED) is 0.689. The van der Waals surface area contributed by atoms with Crippen molar-refractivity contribution in [2.24, 2.45) is 0 Å². The van der Waals surface area contributed by atoms with Crippen LogP contribution in [0.2, 0.25) is 5.02 Å². The van der Waals surface area contributed by atoms with Crippen LogP contribution in [0.3, 0.4) is 0 Å². The van der Waals surface area contributed by atoms with E-state index < -0.39 is 0 Å². The van der Waals surface area contributed by atoms with Crippen molar-refractivity contribution in [1.82, 2.24) is 4.98 Å². The second-order valence-electron chi connectivity index (χ2n) is 6.75. The molecule has 0 aliphatic carbocycles. The molecule has 0 saturated carbocycles. The van der Waals surface area contributed by atoms with Crippen LogP contribution in [-0.2, 0) is 0 Å². The molecule has 0 atom stereocenters. The van der Waals surface area contributed by atoms with Crippen LogP contribution in [0.5, 0.6) is 0 Å². The fourth-order valence-electron chi connectivity index (χ4n) is 3.16. The Morgan fingerprint density at radius 2 is 1.86 bits per heavy atom. The van der Waals surface area contributed by atoms with Gasteiger partial charge in [0.05, 0.1) is 18.0 Å². The third-order valence-corrected chi connectivity index (χ3v) is 5.00. The molecular weight excluding hydrogens is 378 g/mol. The zero-order valence-corrected chi connectivity index (χ0v) is 15.9. The van der Waals surface area contributed by atoms with Crippen LogP contribution in [0.25, 0.3) is 11.3 Å². The number of aliphatic hydroxyl groups is 1. The minimum absolute atomic E-state index is 0.221. The summed E-state index contributed by atoms with van der Waals surface area (Å²) in [6.45, 7) is 1.56. The van der Waals surface area contributed by atoms with Gasteiger partial charge >= 0.3 is 0 Å². The molecule has 1 fully saturated rings. The zero-order chi connectivity index (χ0) is 19.5. The van der Waals surface area contributed by atoms with E-state index in [9.17, 15) is 9.90 Å². The molecule has 1 aromatic carbocycles. The first-order valence-electron chi connectivity index (χ1n) is 9.15. The van der Waals surface area contributed by atoms with Crippen molar-refractivity contribution in [1.29, 1.82) is 0 Å². The van der Waals surface area contributed by atoms with E-state index in [1.807, 2.05) is 24.3 Å². The Hall–Kier alpha value is -2.83. The minimum atomic E-state index is -0.337. The highest BCUT2D eigenvalue weighted by atomic mass is 35.5. The van der Waals surface area contributed by atoms with Gasteiger partial charge in [0.25, 0.3) is 5.91 Å². The third kappa shape index (κ3) is 4.18. The molecule has 0 unspecified atom stereocenters. The molecule has 1 aliphatic heterocycles. The molecule has 1 saturated heterocycles.